The van der Waals surface area contributed by atoms with Crippen LogP contribution in [0.4, 0.5) is 0 Å². The summed E-state index contributed by atoms with van der Waals surface area (Å²) in [5.41, 5.74) is 0. The first-order valence-electron chi connectivity index (χ1n) is 11.9. The Morgan fingerprint density at radius 3 is 1.36 bits per heavy atom. The van der Waals surface area contributed by atoms with Gasteiger partial charge >= 0.3 is 5.97 Å². The van der Waals surface area contributed by atoms with E-state index in [9.17, 15) is 4.79 Å². The predicted octanol–water partition coefficient (Wildman–Crippen LogP) is 3.28. The lowest BCUT2D eigenvalue weighted by Gasteiger charge is -2.27. The van der Waals surface area contributed by atoms with E-state index in [1.807, 2.05) is 0 Å². The van der Waals surface area contributed by atoms with Crippen LogP contribution >= 0.6 is 7.26 Å². The Hall–Kier alpha value is -1.96. The normalized spacial score (nSPS) is 10.9. The van der Waals surface area contributed by atoms with Crippen molar-refractivity contribution in [1.29, 1.82) is 0 Å². The molecule has 176 valence electrons. The zero-order valence-corrected chi connectivity index (χ0v) is 22.1. The van der Waals surface area contributed by atoms with Crippen molar-refractivity contribution in [3.8, 4) is 0 Å². The highest BCUT2D eigenvalue weighted by atomic mass is 79.9. The maximum Gasteiger partial charge on any atom is 0.302 e. The van der Waals surface area contributed by atoms with Crippen LogP contribution in [0.5, 0.6) is 0 Å². The van der Waals surface area contributed by atoms with Gasteiger partial charge in [0.15, 0.2) is 0 Å². The smallest absolute Gasteiger partial charge is 0.302 e. The van der Waals surface area contributed by atoms with E-state index < -0.39 is 7.26 Å². The minimum atomic E-state index is -1.68. The van der Waals surface area contributed by atoms with E-state index in [1.54, 1.807) is 0 Å². The first-order chi connectivity index (χ1) is 15.7. The summed E-state index contributed by atoms with van der Waals surface area (Å²) in [7, 11) is -1.68. The van der Waals surface area contributed by atoms with Gasteiger partial charge in [0.2, 0.25) is 0 Å². The van der Waals surface area contributed by atoms with E-state index in [-0.39, 0.29) is 23.0 Å². The van der Waals surface area contributed by atoms with Crippen LogP contribution in [0.15, 0.2) is 91.0 Å². The molecule has 3 rings (SSSR count). The Labute approximate surface area is 210 Å². The largest absolute Gasteiger partial charge is 1.00 e. The van der Waals surface area contributed by atoms with Gasteiger partial charge in [-0.3, -0.25) is 4.79 Å². The number of hydrogen-bond donors (Lipinski definition) is 0. The lowest BCUT2D eigenvalue weighted by Crippen LogP contribution is -3.00. The number of ether oxygens (including phenoxy) is 1. The number of benzene rings is 3. The third kappa shape index (κ3) is 8.09. The molecule has 0 bridgehead atoms. The van der Waals surface area contributed by atoms with Crippen LogP contribution in [-0.4, -0.2) is 18.7 Å². The summed E-state index contributed by atoms with van der Waals surface area (Å²) in [6.07, 6.45) is 9.57. The maximum absolute atomic E-state index is 10.8. The zero-order chi connectivity index (χ0) is 22.5. The summed E-state index contributed by atoms with van der Waals surface area (Å²) >= 11 is 0. The topological polar surface area (TPSA) is 26.3 Å². The van der Waals surface area contributed by atoms with Gasteiger partial charge in [0.25, 0.3) is 0 Å². The van der Waals surface area contributed by atoms with E-state index in [2.05, 4.69) is 91.0 Å². The van der Waals surface area contributed by atoms with Gasteiger partial charge in [-0.25, -0.2) is 0 Å². The molecule has 0 spiro atoms. The number of carbonyl (C=O) groups is 1. The quantitative estimate of drug-likeness (QED) is 0.194. The van der Waals surface area contributed by atoms with Crippen molar-refractivity contribution in [1.82, 2.24) is 0 Å². The van der Waals surface area contributed by atoms with E-state index >= 15 is 0 Å². The maximum atomic E-state index is 10.8. The molecule has 2 nitrogen and oxygen atoms in total. The fourth-order valence-corrected chi connectivity index (χ4v) is 8.84. The summed E-state index contributed by atoms with van der Waals surface area (Å²) in [4.78, 5) is 10.8. The highest BCUT2D eigenvalue weighted by Gasteiger charge is 2.44. The monoisotopic (exact) mass is 526 g/mol. The van der Waals surface area contributed by atoms with Gasteiger partial charge in [0, 0.05) is 6.92 Å². The Morgan fingerprint density at radius 2 is 0.970 bits per heavy atom. The average Bonchev–Trinajstić information content (AvgIpc) is 2.84. The van der Waals surface area contributed by atoms with Crippen LogP contribution in [0.2, 0.25) is 0 Å². The summed E-state index contributed by atoms with van der Waals surface area (Å²) in [6.45, 7) is 2.04. The second kappa shape index (κ2) is 15.0. The second-order valence-corrected chi connectivity index (χ2v) is 12.0. The van der Waals surface area contributed by atoms with Gasteiger partial charge in [-0.1, -0.05) is 80.3 Å². The third-order valence-corrected chi connectivity index (χ3v) is 10.6. The van der Waals surface area contributed by atoms with Crippen LogP contribution in [0.1, 0.15) is 51.9 Å². The third-order valence-electron chi connectivity index (χ3n) is 6.03. The first-order valence-corrected chi connectivity index (χ1v) is 13.9. The van der Waals surface area contributed by atoms with Gasteiger partial charge in [-0.15, -0.1) is 0 Å². The van der Waals surface area contributed by atoms with Gasteiger partial charge in [-0.2, -0.15) is 0 Å². The predicted molar refractivity (Wildman–Crippen MR) is 139 cm³/mol. The Morgan fingerprint density at radius 1 is 0.606 bits per heavy atom. The van der Waals surface area contributed by atoms with Crippen molar-refractivity contribution >= 4 is 29.1 Å². The molecule has 3 aromatic rings. The number of carbonyl (C=O) groups excluding carboxylic acids is 1. The number of esters is 1. The van der Waals surface area contributed by atoms with E-state index in [4.69, 9.17) is 4.74 Å². The molecule has 0 atom stereocenters. The van der Waals surface area contributed by atoms with Gasteiger partial charge in [0.05, 0.1) is 12.8 Å². The summed E-state index contributed by atoms with van der Waals surface area (Å²) in [5, 5.41) is 4.42. The molecule has 33 heavy (non-hydrogen) atoms. The SMILES string of the molecule is CC(=O)OCCCCCCCCC[P+](c1ccccc1)(c1ccccc1)c1ccccc1.[Br-]. The van der Waals surface area contributed by atoms with E-state index in [0.29, 0.717) is 6.61 Å². The van der Waals surface area contributed by atoms with Crippen molar-refractivity contribution in [3.05, 3.63) is 91.0 Å². The molecule has 0 aliphatic rings. The fraction of sp³-hybridized carbons (Fsp3) is 0.345. The fourth-order valence-electron chi connectivity index (χ4n) is 4.43. The van der Waals surface area contributed by atoms with Crippen molar-refractivity contribution in [2.75, 3.05) is 12.8 Å². The Kier molecular flexibility index (Phi) is 12.4. The van der Waals surface area contributed by atoms with Crippen molar-refractivity contribution in [2.45, 2.75) is 51.9 Å². The molecule has 0 aliphatic carbocycles. The number of hydrogen-bond acceptors (Lipinski definition) is 2. The molecule has 0 saturated heterocycles. The minimum Gasteiger partial charge on any atom is -1.00 e. The van der Waals surface area contributed by atoms with Crippen molar-refractivity contribution in [3.63, 3.8) is 0 Å². The molecule has 0 unspecified atom stereocenters. The molecule has 4 heteroatoms. The first kappa shape index (κ1) is 27.3. The van der Waals surface area contributed by atoms with Crippen LogP contribution in [0, 0.1) is 0 Å². The Balaban J connectivity index is 0.00000385. The lowest BCUT2D eigenvalue weighted by atomic mass is 10.1. The summed E-state index contributed by atoms with van der Waals surface area (Å²) in [6, 6.07) is 33.5. The number of rotatable bonds is 13. The number of halogens is 1. The average molecular weight is 527 g/mol. The molecular weight excluding hydrogens is 491 g/mol. The summed E-state index contributed by atoms with van der Waals surface area (Å²) < 4.78 is 5.02. The molecule has 0 amide bonds. The molecule has 0 aromatic heterocycles. The molecular formula is C29H36BrO2P. The zero-order valence-electron chi connectivity index (χ0n) is 19.7. The van der Waals surface area contributed by atoms with Crippen LogP contribution in [0.3, 0.4) is 0 Å². The standard InChI is InChI=1S/C29H36O2P.BrH/c1-26(30)31-24-16-5-3-2-4-6-17-25-32(27-18-10-7-11-19-27,28-20-12-8-13-21-28)29-22-14-9-15-23-29;/h7-15,18-23H,2-6,16-17,24-25H2,1H3;1H/q+1;/p-1. The van der Waals surface area contributed by atoms with Crippen molar-refractivity contribution in [2.24, 2.45) is 0 Å². The minimum absolute atomic E-state index is 0. The lowest BCUT2D eigenvalue weighted by molar-refractivity contribution is -0.141. The van der Waals surface area contributed by atoms with Gasteiger partial charge in [-0.05, 0) is 55.7 Å². The molecule has 0 saturated carbocycles. The van der Waals surface area contributed by atoms with Gasteiger partial charge in [0.1, 0.15) is 23.2 Å². The van der Waals surface area contributed by atoms with Crippen molar-refractivity contribution < 1.29 is 26.5 Å². The number of unbranched alkanes of at least 4 members (excludes halogenated alkanes) is 6. The van der Waals surface area contributed by atoms with E-state index in [1.165, 1.54) is 61.1 Å². The molecule has 0 fully saturated rings. The van der Waals surface area contributed by atoms with E-state index in [0.717, 1.165) is 12.8 Å². The molecule has 0 heterocycles. The van der Waals surface area contributed by atoms with Gasteiger partial charge < -0.3 is 21.7 Å². The summed E-state index contributed by atoms with van der Waals surface area (Å²) in [5.74, 6) is -0.174. The molecule has 0 aliphatic heterocycles. The Bertz CT molecular complexity index is 819. The van der Waals surface area contributed by atoms with Crippen LogP contribution < -0.4 is 32.9 Å². The highest BCUT2D eigenvalue weighted by molar-refractivity contribution is 7.95. The molecule has 3 aromatic carbocycles. The second-order valence-electron chi connectivity index (χ2n) is 8.35. The molecule has 0 radical (unpaired) electrons. The molecule has 0 N–H and O–H groups in total. The van der Waals surface area contributed by atoms with Crippen LogP contribution in [-0.2, 0) is 9.53 Å². The van der Waals surface area contributed by atoms with Crippen LogP contribution in [0.25, 0.3) is 0 Å². The highest BCUT2D eigenvalue weighted by Crippen LogP contribution is 2.55.